The number of ether oxygens (including phenoxy) is 1. The number of hydrogen-bond donors (Lipinski definition) is 0. The molecular weight excluding hydrogens is 428 g/mol. The maximum Gasteiger partial charge on any atom is 0.243 e. The lowest BCUT2D eigenvalue weighted by molar-refractivity contribution is 0.0969. The van der Waals surface area contributed by atoms with Crippen molar-refractivity contribution in [3.05, 3.63) is 46.3 Å². The third-order valence-corrected chi connectivity index (χ3v) is 9.15. The van der Waals surface area contributed by atoms with E-state index in [4.69, 9.17) is 4.74 Å². The number of fused-ring (bicyclic) bond motifs is 1. The summed E-state index contributed by atoms with van der Waals surface area (Å²) in [6.45, 7) is 10.9. The van der Waals surface area contributed by atoms with Gasteiger partial charge in [-0.05, 0) is 60.9 Å². The molecule has 5 nitrogen and oxygen atoms in total. The zero-order valence-electron chi connectivity index (χ0n) is 18.8. The molecule has 1 fully saturated rings. The fourth-order valence-electron chi connectivity index (χ4n) is 4.47. The van der Waals surface area contributed by atoms with Gasteiger partial charge in [0.2, 0.25) is 10.0 Å². The third kappa shape index (κ3) is 5.33. The van der Waals surface area contributed by atoms with Gasteiger partial charge in [-0.15, -0.1) is 11.3 Å². The second-order valence-electron chi connectivity index (χ2n) is 9.11. The van der Waals surface area contributed by atoms with Gasteiger partial charge in [0.15, 0.2) is 5.06 Å². The molecule has 170 valence electrons. The van der Waals surface area contributed by atoms with Crippen molar-refractivity contribution in [1.29, 1.82) is 0 Å². The summed E-state index contributed by atoms with van der Waals surface area (Å²) in [5.41, 5.74) is 2.39. The van der Waals surface area contributed by atoms with Gasteiger partial charge < -0.3 is 9.64 Å². The normalized spacial score (nSPS) is 19.0. The van der Waals surface area contributed by atoms with Crippen molar-refractivity contribution >= 4 is 21.4 Å². The van der Waals surface area contributed by atoms with E-state index in [1.807, 2.05) is 12.1 Å². The van der Waals surface area contributed by atoms with Crippen LogP contribution >= 0.6 is 11.3 Å². The van der Waals surface area contributed by atoms with Crippen LogP contribution in [0.15, 0.2) is 35.2 Å². The number of piperidine rings is 1. The van der Waals surface area contributed by atoms with E-state index in [1.54, 1.807) is 27.8 Å². The van der Waals surface area contributed by atoms with Crippen molar-refractivity contribution in [2.75, 3.05) is 26.2 Å². The standard InChI is InChI=1S/C24H34N2O3S2/c1-4-19-5-7-22(8-6-19)31(27,28)26-14-9-20-15-24(30-23(20)17-26)29-21-10-12-25(13-11-21)16-18(2)3/h5-8,15,18,21H,4,9-14,16-17H2,1-3H3. The summed E-state index contributed by atoms with van der Waals surface area (Å²) >= 11 is 1.62. The Kier molecular flexibility index (Phi) is 7.06. The molecule has 1 aromatic heterocycles. The van der Waals surface area contributed by atoms with Crippen LogP contribution in [0.4, 0.5) is 0 Å². The van der Waals surface area contributed by atoms with Crippen molar-refractivity contribution in [1.82, 2.24) is 9.21 Å². The molecule has 0 spiro atoms. The van der Waals surface area contributed by atoms with Crippen LogP contribution in [0.3, 0.4) is 0 Å². The van der Waals surface area contributed by atoms with Crippen LogP contribution in [0.25, 0.3) is 0 Å². The Labute approximate surface area is 191 Å². The Morgan fingerprint density at radius 1 is 1.13 bits per heavy atom. The molecule has 0 unspecified atom stereocenters. The lowest BCUT2D eigenvalue weighted by Gasteiger charge is -2.32. The van der Waals surface area contributed by atoms with Crippen LogP contribution in [-0.4, -0.2) is 49.9 Å². The third-order valence-electron chi connectivity index (χ3n) is 6.23. The monoisotopic (exact) mass is 462 g/mol. The molecule has 0 saturated carbocycles. The molecule has 31 heavy (non-hydrogen) atoms. The van der Waals surface area contributed by atoms with Gasteiger partial charge in [-0.3, -0.25) is 0 Å². The molecule has 1 aromatic carbocycles. The van der Waals surface area contributed by atoms with Crippen LogP contribution in [0.5, 0.6) is 5.06 Å². The molecule has 2 aliphatic heterocycles. The molecule has 0 N–H and O–H groups in total. The Morgan fingerprint density at radius 2 is 1.84 bits per heavy atom. The fourth-order valence-corrected chi connectivity index (χ4v) is 7.10. The van der Waals surface area contributed by atoms with Crippen LogP contribution < -0.4 is 4.74 Å². The maximum absolute atomic E-state index is 13.1. The van der Waals surface area contributed by atoms with Crippen molar-refractivity contribution < 1.29 is 13.2 Å². The number of sulfonamides is 1. The summed E-state index contributed by atoms with van der Waals surface area (Å²) in [4.78, 5) is 4.03. The van der Waals surface area contributed by atoms with Gasteiger partial charge in [0.25, 0.3) is 0 Å². The lowest BCUT2D eigenvalue weighted by atomic mass is 10.1. The summed E-state index contributed by atoms with van der Waals surface area (Å²) in [6.07, 6.45) is 4.03. The molecule has 0 atom stereocenters. The highest BCUT2D eigenvalue weighted by Gasteiger charge is 2.30. The molecule has 7 heteroatoms. The van der Waals surface area contributed by atoms with Crippen LogP contribution in [0.1, 0.15) is 49.6 Å². The highest BCUT2D eigenvalue weighted by atomic mass is 32.2. The van der Waals surface area contributed by atoms with E-state index >= 15 is 0 Å². The Morgan fingerprint density at radius 3 is 2.48 bits per heavy atom. The molecule has 2 aliphatic rings. The first kappa shape index (κ1) is 22.8. The van der Waals surface area contributed by atoms with Gasteiger partial charge in [-0.2, -0.15) is 4.31 Å². The smallest absolute Gasteiger partial charge is 0.243 e. The van der Waals surface area contributed by atoms with Crippen LogP contribution in [0, 0.1) is 5.92 Å². The van der Waals surface area contributed by atoms with Gasteiger partial charge >= 0.3 is 0 Å². The first-order chi connectivity index (χ1) is 14.8. The number of rotatable bonds is 7. The molecule has 0 radical (unpaired) electrons. The van der Waals surface area contributed by atoms with E-state index < -0.39 is 10.0 Å². The summed E-state index contributed by atoms with van der Waals surface area (Å²) < 4.78 is 34.2. The fraction of sp³-hybridized carbons (Fsp3) is 0.583. The van der Waals surface area contributed by atoms with E-state index in [1.165, 1.54) is 5.56 Å². The predicted octanol–water partition coefficient (Wildman–Crippen LogP) is 4.56. The topological polar surface area (TPSA) is 49.9 Å². The summed E-state index contributed by atoms with van der Waals surface area (Å²) in [5.74, 6) is 0.699. The number of likely N-dealkylation sites (tertiary alicyclic amines) is 1. The number of nitrogens with zero attached hydrogens (tertiary/aromatic N) is 2. The average Bonchev–Trinajstić information content (AvgIpc) is 3.16. The van der Waals surface area contributed by atoms with Crippen LogP contribution in [-0.2, 0) is 29.4 Å². The zero-order chi connectivity index (χ0) is 22.0. The van der Waals surface area contributed by atoms with E-state index in [0.29, 0.717) is 23.9 Å². The molecule has 4 rings (SSSR count). The highest BCUT2D eigenvalue weighted by Crippen LogP contribution is 2.36. The minimum absolute atomic E-state index is 0.264. The molecule has 0 bridgehead atoms. The second-order valence-corrected chi connectivity index (χ2v) is 12.1. The van der Waals surface area contributed by atoms with Gasteiger partial charge in [-0.1, -0.05) is 32.9 Å². The van der Waals surface area contributed by atoms with Crippen molar-refractivity contribution in [2.45, 2.75) is 64.0 Å². The lowest BCUT2D eigenvalue weighted by Crippen LogP contribution is -2.39. The molecule has 0 aliphatic carbocycles. The van der Waals surface area contributed by atoms with E-state index in [0.717, 1.165) is 60.8 Å². The maximum atomic E-state index is 13.1. The van der Waals surface area contributed by atoms with Gasteiger partial charge in [0, 0.05) is 37.6 Å². The Balaban J connectivity index is 1.38. The van der Waals surface area contributed by atoms with E-state index in [9.17, 15) is 8.42 Å². The Bertz CT molecular complexity index is 975. The largest absolute Gasteiger partial charge is 0.481 e. The van der Waals surface area contributed by atoms with Crippen molar-refractivity contribution in [2.24, 2.45) is 5.92 Å². The quantitative estimate of drug-likeness (QED) is 0.605. The number of aryl methyl sites for hydroxylation is 1. The van der Waals surface area contributed by atoms with E-state index in [-0.39, 0.29) is 6.10 Å². The zero-order valence-corrected chi connectivity index (χ0v) is 20.5. The van der Waals surface area contributed by atoms with Gasteiger partial charge in [0.05, 0.1) is 4.90 Å². The molecule has 2 aromatic rings. The molecular formula is C24H34N2O3S2. The first-order valence-corrected chi connectivity index (χ1v) is 13.7. The minimum Gasteiger partial charge on any atom is -0.481 e. The molecule has 1 saturated heterocycles. The van der Waals surface area contributed by atoms with Crippen molar-refractivity contribution in [3.63, 3.8) is 0 Å². The SMILES string of the molecule is CCc1ccc(S(=O)(=O)N2CCc3cc(OC4CCN(CC(C)C)CC4)sc3C2)cc1. The second kappa shape index (κ2) is 9.61. The Hall–Kier alpha value is -1.41. The summed E-state index contributed by atoms with van der Waals surface area (Å²) in [5, 5.41) is 0.943. The average molecular weight is 463 g/mol. The van der Waals surface area contributed by atoms with Crippen LogP contribution in [0.2, 0.25) is 0 Å². The number of thiophene rings is 1. The molecule has 0 amide bonds. The van der Waals surface area contributed by atoms with Gasteiger partial charge in [0.1, 0.15) is 6.10 Å². The predicted molar refractivity (Wildman–Crippen MR) is 126 cm³/mol. The number of benzene rings is 1. The summed E-state index contributed by atoms with van der Waals surface area (Å²) in [6, 6.07) is 9.43. The van der Waals surface area contributed by atoms with Crippen molar-refractivity contribution in [3.8, 4) is 5.06 Å². The van der Waals surface area contributed by atoms with E-state index in [2.05, 4.69) is 31.7 Å². The first-order valence-electron chi connectivity index (χ1n) is 11.4. The highest BCUT2D eigenvalue weighted by molar-refractivity contribution is 7.89. The minimum atomic E-state index is -3.47. The molecule has 3 heterocycles. The van der Waals surface area contributed by atoms with Gasteiger partial charge in [-0.25, -0.2) is 8.42 Å². The number of hydrogen-bond acceptors (Lipinski definition) is 5. The summed E-state index contributed by atoms with van der Waals surface area (Å²) in [7, 11) is -3.47.